The maximum atomic E-state index is 12.3. The average Bonchev–Trinajstić information content (AvgIpc) is 2.55. The van der Waals surface area contributed by atoms with Crippen molar-refractivity contribution in [3.05, 3.63) is 65.2 Å². The zero-order chi connectivity index (χ0) is 20.0. The zero-order valence-corrected chi connectivity index (χ0v) is 17.3. The molecule has 0 aliphatic heterocycles. The van der Waals surface area contributed by atoms with Crippen LogP contribution < -0.4 is 5.32 Å². The highest BCUT2D eigenvalue weighted by atomic mass is 32.1. The Bertz CT molecular complexity index is 815. The van der Waals surface area contributed by atoms with E-state index in [1.807, 2.05) is 12.1 Å². The minimum atomic E-state index is -0.111. The molecule has 0 aliphatic carbocycles. The smallest absolute Gasteiger partial charge is 0.221 e. The molecule has 0 spiro atoms. The third-order valence-electron chi connectivity index (χ3n) is 4.29. The fourth-order valence-corrected chi connectivity index (χ4v) is 3.16. The molecule has 0 bridgehead atoms. The summed E-state index contributed by atoms with van der Waals surface area (Å²) in [5, 5.41) is 2.71. The molecule has 0 radical (unpaired) electrons. The van der Waals surface area contributed by atoms with Crippen molar-refractivity contribution in [3.8, 4) is 0 Å². The van der Waals surface area contributed by atoms with Crippen molar-refractivity contribution in [1.82, 2.24) is 0 Å². The van der Waals surface area contributed by atoms with Crippen molar-refractivity contribution in [2.24, 2.45) is 0 Å². The summed E-state index contributed by atoms with van der Waals surface area (Å²) in [6.45, 7) is 8.03. The van der Waals surface area contributed by atoms with Gasteiger partial charge in [-0.15, -0.1) is 0 Å². The van der Waals surface area contributed by atoms with Crippen molar-refractivity contribution in [2.45, 2.75) is 52.4 Å². The lowest BCUT2D eigenvalue weighted by Gasteiger charge is -2.19. The SMILES string of the molecule is CC(=O)Nc1ccc(CC(=O)CC(=S)Cc2ccc(C(C)(C)C)cc2)cc1. The summed E-state index contributed by atoms with van der Waals surface area (Å²) in [5.74, 6) is -0.00158. The molecule has 4 heteroatoms. The number of amides is 1. The monoisotopic (exact) mass is 381 g/mol. The van der Waals surface area contributed by atoms with Gasteiger partial charge >= 0.3 is 0 Å². The number of ketones is 1. The Morgan fingerprint density at radius 3 is 1.93 bits per heavy atom. The first-order valence-electron chi connectivity index (χ1n) is 9.13. The molecule has 1 N–H and O–H groups in total. The topological polar surface area (TPSA) is 46.2 Å². The van der Waals surface area contributed by atoms with Crippen LogP contribution in [-0.2, 0) is 27.8 Å². The van der Waals surface area contributed by atoms with Gasteiger partial charge in [-0.3, -0.25) is 9.59 Å². The number of carbonyl (C=O) groups excluding carboxylic acids is 2. The molecule has 0 saturated heterocycles. The maximum absolute atomic E-state index is 12.3. The zero-order valence-electron chi connectivity index (χ0n) is 16.5. The molecule has 0 fully saturated rings. The lowest BCUT2D eigenvalue weighted by atomic mass is 9.86. The molecule has 2 rings (SSSR count). The van der Waals surface area contributed by atoms with E-state index in [9.17, 15) is 9.59 Å². The first-order chi connectivity index (χ1) is 12.6. The van der Waals surface area contributed by atoms with Crippen LogP contribution in [0.2, 0.25) is 0 Å². The second-order valence-corrected chi connectivity index (χ2v) is 8.51. The van der Waals surface area contributed by atoms with E-state index in [1.54, 1.807) is 12.1 Å². The van der Waals surface area contributed by atoms with E-state index in [0.29, 0.717) is 19.3 Å². The largest absolute Gasteiger partial charge is 0.326 e. The van der Waals surface area contributed by atoms with Crippen LogP contribution in [-0.4, -0.2) is 16.6 Å². The first kappa shape index (κ1) is 21.0. The minimum absolute atomic E-state index is 0.110. The van der Waals surface area contributed by atoms with Crippen LogP contribution in [0, 0.1) is 0 Å². The van der Waals surface area contributed by atoms with E-state index < -0.39 is 0 Å². The van der Waals surface area contributed by atoms with Crippen LogP contribution in [0.15, 0.2) is 48.5 Å². The molecule has 0 heterocycles. The highest BCUT2D eigenvalue weighted by Gasteiger charge is 2.13. The Balaban J connectivity index is 1.86. The summed E-state index contributed by atoms with van der Waals surface area (Å²) in [6.07, 6.45) is 1.31. The number of carbonyl (C=O) groups is 2. The summed E-state index contributed by atoms with van der Waals surface area (Å²) in [7, 11) is 0. The Morgan fingerprint density at radius 2 is 1.41 bits per heavy atom. The number of rotatable bonds is 7. The Morgan fingerprint density at radius 1 is 0.889 bits per heavy atom. The van der Waals surface area contributed by atoms with Gasteiger partial charge < -0.3 is 5.32 Å². The molecular formula is C23H27NO2S. The van der Waals surface area contributed by atoms with E-state index in [1.165, 1.54) is 12.5 Å². The molecule has 0 aromatic heterocycles. The molecule has 2 aromatic rings. The third kappa shape index (κ3) is 7.06. The predicted octanol–water partition coefficient (Wildman–Crippen LogP) is 5.06. The van der Waals surface area contributed by atoms with Crippen LogP contribution in [0.1, 0.15) is 50.8 Å². The molecule has 0 aliphatic rings. The Labute approximate surface area is 167 Å². The van der Waals surface area contributed by atoms with Crippen LogP contribution in [0.25, 0.3) is 0 Å². The quantitative estimate of drug-likeness (QED) is 0.682. The van der Waals surface area contributed by atoms with Gasteiger partial charge in [0.1, 0.15) is 5.78 Å². The molecule has 3 nitrogen and oxygen atoms in total. The van der Waals surface area contributed by atoms with E-state index in [2.05, 4.69) is 50.4 Å². The molecule has 0 unspecified atom stereocenters. The number of anilines is 1. The molecule has 1 amide bonds. The molecule has 0 atom stereocenters. The van der Waals surface area contributed by atoms with Gasteiger partial charge in [0.15, 0.2) is 0 Å². The summed E-state index contributed by atoms with van der Waals surface area (Å²) >= 11 is 5.43. The highest BCUT2D eigenvalue weighted by molar-refractivity contribution is 7.80. The Kier molecular flexibility index (Phi) is 7.03. The first-order valence-corrected chi connectivity index (χ1v) is 9.53. The summed E-state index contributed by atoms with van der Waals surface area (Å²) in [6, 6.07) is 15.8. The third-order valence-corrected chi connectivity index (χ3v) is 4.58. The van der Waals surface area contributed by atoms with Crippen molar-refractivity contribution in [3.63, 3.8) is 0 Å². The minimum Gasteiger partial charge on any atom is -0.326 e. The van der Waals surface area contributed by atoms with Gasteiger partial charge in [-0.25, -0.2) is 0 Å². The highest BCUT2D eigenvalue weighted by Crippen LogP contribution is 2.22. The van der Waals surface area contributed by atoms with Gasteiger partial charge in [-0.2, -0.15) is 0 Å². The second-order valence-electron chi connectivity index (χ2n) is 7.93. The van der Waals surface area contributed by atoms with E-state index in [-0.39, 0.29) is 17.1 Å². The van der Waals surface area contributed by atoms with E-state index in [0.717, 1.165) is 21.7 Å². The number of nitrogens with one attached hydrogen (secondary N) is 1. The van der Waals surface area contributed by atoms with Crippen LogP contribution >= 0.6 is 12.2 Å². The summed E-state index contributed by atoms with van der Waals surface area (Å²) in [5.41, 5.74) is 4.21. The van der Waals surface area contributed by atoms with Crippen LogP contribution in [0.4, 0.5) is 5.69 Å². The molecule has 27 heavy (non-hydrogen) atoms. The van der Waals surface area contributed by atoms with Gasteiger partial charge in [-0.05, 0) is 34.2 Å². The number of hydrogen-bond donors (Lipinski definition) is 1. The van der Waals surface area contributed by atoms with Gasteiger partial charge in [0.2, 0.25) is 5.91 Å². The number of Topliss-reactive ketones (excluding diaryl/α,β-unsaturated/α-hetero) is 1. The second kappa shape index (κ2) is 9.05. The Hall–Kier alpha value is -2.33. The number of thiocarbonyl (C=S) groups is 1. The summed E-state index contributed by atoms with van der Waals surface area (Å²) in [4.78, 5) is 24.1. The predicted molar refractivity (Wildman–Crippen MR) is 116 cm³/mol. The molecule has 142 valence electrons. The van der Waals surface area contributed by atoms with E-state index >= 15 is 0 Å². The van der Waals surface area contributed by atoms with E-state index in [4.69, 9.17) is 12.2 Å². The van der Waals surface area contributed by atoms with Crippen LogP contribution in [0.3, 0.4) is 0 Å². The van der Waals surface area contributed by atoms with Gasteiger partial charge in [0.05, 0.1) is 0 Å². The number of hydrogen-bond acceptors (Lipinski definition) is 3. The standard InChI is InChI=1S/C23H27NO2S/c1-16(25)24-20-11-7-17(8-12-20)13-21(26)15-22(27)14-18-5-9-19(10-6-18)23(2,3)4/h5-12H,13-15H2,1-4H3,(H,24,25). The normalized spacial score (nSPS) is 11.1. The van der Waals surface area contributed by atoms with Crippen molar-refractivity contribution < 1.29 is 9.59 Å². The number of benzene rings is 2. The fraction of sp³-hybridized carbons (Fsp3) is 0.348. The molecular weight excluding hydrogens is 354 g/mol. The van der Waals surface area contributed by atoms with Gasteiger partial charge in [0, 0.05) is 36.7 Å². The molecule has 0 saturated carbocycles. The van der Waals surface area contributed by atoms with Gasteiger partial charge in [0.25, 0.3) is 0 Å². The van der Waals surface area contributed by atoms with Crippen molar-refractivity contribution >= 4 is 34.5 Å². The average molecular weight is 382 g/mol. The van der Waals surface area contributed by atoms with Gasteiger partial charge in [-0.1, -0.05) is 69.4 Å². The lowest BCUT2D eigenvalue weighted by molar-refractivity contribution is -0.117. The fourth-order valence-electron chi connectivity index (χ4n) is 2.83. The maximum Gasteiger partial charge on any atom is 0.221 e. The summed E-state index contributed by atoms with van der Waals surface area (Å²) < 4.78 is 0. The van der Waals surface area contributed by atoms with Crippen molar-refractivity contribution in [2.75, 3.05) is 5.32 Å². The van der Waals surface area contributed by atoms with Crippen LogP contribution in [0.5, 0.6) is 0 Å². The molecule has 2 aromatic carbocycles. The van der Waals surface area contributed by atoms with Crippen molar-refractivity contribution in [1.29, 1.82) is 0 Å². The lowest BCUT2D eigenvalue weighted by Crippen LogP contribution is -2.12.